The van der Waals surface area contributed by atoms with E-state index in [1.54, 1.807) is 24.3 Å². The average molecular weight is 387 g/mol. The van der Waals surface area contributed by atoms with Crippen LogP contribution < -0.4 is 0 Å². The Morgan fingerprint density at radius 1 is 1.00 bits per heavy atom. The van der Waals surface area contributed by atoms with Crippen LogP contribution in [0.3, 0.4) is 0 Å². The van der Waals surface area contributed by atoms with Crippen LogP contribution in [-0.2, 0) is 4.79 Å². The number of hydrogen-bond acceptors (Lipinski definition) is 3. The molecule has 0 radical (unpaired) electrons. The SMILES string of the molecule is CCC(CC)N1CCN(C(=O)CCC(=O)c2ccc(Cl)cc2)CC1.Cl. The molecule has 2 rings (SSSR count). The third kappa shape index (κ3) is 6.28. The van der Waals surface area contributed by atoms with E-state index >= 15 is 0 Å². The van der Waals surface area contributed by atoms with Crippen molar-refractivity contribution in [3.63, 3.8) is 0 Å². The summed E-state index contributed by atoms with van der Waals surface area (Å²) in [6, 6.07) is 7.45. The predicted octanol–water partition coefficient (Wildman–Crippen LogP) is 4.06. The van der Waals surface area contributed by atoms with E-state index in [0.29, 0.717) is 16.6 Å². The van der Waals surface area contributed by atoms with Gasteiger partial charge in [0.1, 0.15) is 0 Å². The smallest absolute Gasteiger partial charge is 0.223 e. The largest absolute Gasteiger partial charge is 0.340 e. The van der Waals surface area contributed by atoms with Crippen LogP contribution in [-0.4, -0.2) is 53.7 Å². The quantitative estimate of drug-likeness (QED) is 0.663. The first-order valence-electron chi connectivity index (χ1n) is 8.85. The minimum Gasteiger partial charge on any atom is -0.340 e. The molecule has 0 N–H and O–H groups in total. The maximum Gasteiger partial charge on any atom is 0.223 e. The normalized spacial score (nSPS) is 15.1. The number of ketones is 1. The molecule has 4 nitrogen and oxygen atoms in total. The Balaban J connectivity index is 0.00000312. The third-order valence-corrected chi connectivity index (χ3v) is 5.11. The van der Waals surface area contributed by atoms with Crippen molar-refractivity contribution in [3.05, 3.63) is 34.9 Å². The van der Waals surface area contributed by atoms with Gasteiger partial charge in [0, 0.05) is 55.6 Å². The van der Waals surface area contributed by atoms with Crippen LogP contribution in [0.25, 0.3) is 0 Å². The topological polar surface area (TPSA) is 40.6 Å². The van der Waals surface area contributed by atoms with Crippen LogP contribution in [0.2, 0.25) is 5.02 Å². The Labute approximate surface area is 161 Å². The summed E-state index contributed by atoms with van der Waals surface area (Å²) >= 11 is 5.82. The van der Waals surface area contributed by atoms with Crippen molar-refractivity contribution in [1.82, 2.24) is 9.80 Å². The van der Waals surface area contributed by atoms with E-state index in [2.05, 4.69) is 18.7 Å². The van der Waals surface area contributed by atoms with Crippen molar-refractivity contribution in [2.45, 2.75) is 45.6 Å². The molecule has 1 aromatic rings. The molecule has 25 heavy (non-hydrogen) atoms. The van der Waals surface area contributed by atoms with Crippen molar-refractivity contribution in [2.24, 2.45) is 0 Å². The van der Waals surface area contributed by atoms with Crippen LogP contribution in [0, 0.1) is 0 Å². The van der Waals surface area contributed by atoms with E-state index in [0.717, 1.165) is 39.0 Å². The fourth-order valence-electron chi connectivity index (χ4n) is 3.30. The van der Waals surface area contributed by atoms with Crippen LogP contribution in [0.15, 0.2) is 24.3 Å². The number of halogens is 2. The van der Waals surface area contributed by atoms with Gasteiger partial charge in [-0.2, -0.15) is 0 Å². The van der Waals surface area contributed by atoms with Crippen molar-refractivity contribution in [1.29, 1.82) is 0 Å². The number of Topliss-reactive ketones (excluding diaryl/α,β-unsaturated/α-hetero) is 1. The summed E-state index contributed by atoms with van der Waals surface area (Å²) in [5.74, 6) is 0.0807. The molecule has 140 valence electrons. The Hall–Kier alpha value is -1.10. The van der Waals surface area contributed by atoms with Crippen LogP contribution >= 0.6 is 24.0 Å². The summed E-state index contributed by atoms with van der Waals surface area (Å²) in [5, 5.41) is 0.609. The second-order valence-electron chi connectivity index (χ2n) is 6.32. The van der Waals surface area contributed by atoms with Crippen LogP contribution in [0.1, 0.15) is 49.9 Å². The zero-order valence-electron chi connectivity index (χ0n) is 15.0. The summed E-state index contributed by atoms with van der Waals surface area (Å²) in [6.07, 6.45) is 2.85. The number of amides is 1. The highest BCUT2D eigenvalue weighted by Gasteiger charge is 2.24. The molecule has 0 bridgehead atoms. The highest BCUT2D eigenvalue weighted by atomic mass is 35.5. The monoisotopic (exact) mass is 386 g/mol. The summed E-state index contributed by atoms with van der Waals surface area (Å²) in [6.45, 7) is 7.84. The molecule has 1 amide bonds. The molecule has 0 unspecified atom stereocenters. The molecule has 1 aliphatic rings. The molecule has 0 spiro atoms. The first-order valence-corrected chi connectivity index (χ1v) is 9.23. The standard InChI is InChI=1S/C19H27ClN2O2.ClH/c1-3-17(4-2)21-11-13-22(14-12-21)19(24)10-9-18(23)15-5-7-16(20)8-6-15;/h5-8,17H,3-4,9-14H2,1-2H3;1H. The first kappa shape index (κ1) is 21.9. The highest BCUT2D eigenvalue weighted by molar-refractivity contribution is 6.30. The molecule has 0 aromatic heterocycles. The number of nitrogens with zero attached hydrogens (tertiary/aromatic N) is 2. The second kappa shape index (κ2) is 10.8. The first-order chi connectivity index (χ1) is 11.5. The van der Waals surface area contributed by atoms with Crippen molar-refractivity contribution < 1.29 is 9.59 Å². The van der Waals surface area contributed by atoms with E-state index in [4.69, 9.17) is 11.6 Å². The second-order valence-corrected chi connectivity index (χ2v) is 6.75. The zero-order valence-corrected chi connectivity index (χ0v) is 16.6. The maximum atomic E-state index is 12.3. The zero-order chi connectivity index (χ0) is 17.5. The lowest BCUT2D eigenvalue weighted by Gasteiger charge is -2.38. The number of piperazine rings is 1. The summed E-state index contributed by atoms with van der Waals surface area (Å²) in [7, 11) is 0. The average Bonchev–Trinajstić information content (AvgIpc) is 2.61. The summed E-state index contributed by atoms with van der Waals surface area (Å²) in [4.78, 5) is 28.8. The van der Waals surface area contributed by atoms with E-state index in [-0.39, 0.29) is 36.9 Å². The summed E-state index contributed by atoms with van der Waals surface area (Å²) < 4.78 is 0. The molecule has 1 aromatic carbocycles. The van der Waals surface area contributed by atoms with Gasteiger partial charge in [0.25, 0.3) is 0 Å². The predicted molar refractivity (Wildman–Crippen MR) is 105 cm³/mol. The van der Waals surface area contributed by atoms with Crippen molar-refractivity contribution >= 4 is 35.7 Å². The lowest BCUT2D eigenvalue weighted by Crippen LogP contribution is -2.51. The molecule has 0 aliphatic carbocycles. The molecule has 0 saturated carbocycles. The molecular formula is C19H28Cl2N2O2. The van der Waals surface area contributed by atoms with E-state index in [1.807, 2.05) is 4.90 Å². The highest BCUT2D eigenvalue weighted by Crippen LogP contribution is 2.15. The van der Waals surface area contributed by atoms with E-state index in [1.165, 1.54) is 0 Å². The Morgan fingerprint density at radius 3 is 2.08 bits per heavy atom. The fraction of sp³-hybridized carbons (Fsp3) is 0.579. The van der Waals surface area contributed by atoms with E-state index in [9.17, 15) is 9.59 Å². The Kier molecular flexibility index (Phi) is 9.47. The Morgan fingerprint density at radius 2 is 1.56 bits per heavy atom. The van der Waals surface area contributed by atoms with Crippen LogP contribution in [0.4, 0.5) is 0 Å². The molecule has 1 heterocycles. The van der Waals surface area contributed by atoms with Gasteiger partial charge in [0.05, 0.1) is 0 Å². The molecule has 6 heteroatoms. The molecule has 0 atom stereocenters. The van der Waals surface area contributed by atoms with Crippen molar-refractivity contribution in [2.75, 3.05) is 26.2 Å². The molecule has 1 saturated heterocycles. The third-order valence-electron chi connectivity index (χ3n) is 4.86. The van der Waals surface area contributed by atoms with Gasteiger partial charge in [-0.1, -0.05) is 25.4 Å². The van der Waals surface area contributed by atoms with Gasteiger partial charge in [-0.05, 0) is 37.1 Å². The summed E-state index contributed by atoms with van der Waals surface area (Å²) in [5.41, 5.74) is 0.616. The number of carbonyl (C=O) groups is 2. The molecular weight excluding hydrogens is 359 g/mol. The van der Waals surface area contributed by atoms with E-state index < -0.39 is 0 Å². The minimum absolute atomic E-state index is 0. The fourth-order valence-corrected chi connectivity index (χ4v) is 3.43. The number of benzene rings is 1. The van der Waals surface area contributed by atoms with Gasteiger partial charge in [-0.15, -0.1) is 12.4 Å². The number of carbonyl (C=O) groups excluding carboxylic acids is 2. The van der Waals surface area contributed by atoms with Gasteiger partial charge in [-0.25, -0.2) is 0 Å². The Bertz CT molecular complexity index is 551. The van der Waals surface area contributed by atoms with Gasteiger partial charge < -0.3 is 4.90 Å². The van der Waals surface area contributed by atoms with Gasteiger partial charge in [0.2, 0.25) is 5.91 Å². The van der Waals surface area contributed by atoms with Gasteiger partial charge in [-0.3, -0.25) is 14.5 Å². The number of rotatable bonds is 7. The van der Waals surface area contributed by atoms with Gasteiger partial charge >= 0.3 is 0 Å². The molecule has 1 aliphatic heterocycles. The minimum atomic E-state index is -0.00400. The molecule has 1 fully saturated rings. The maximum absolute atomic E-state index is 12.3. The van der Waals surface area contributed by atoms with Crippen molar-refractivity contribution in [3.8, 4) is 0 Å². The lowest BCUT2D eigenvalue weighted by atomic mass is 10.1. The van der Waals surface area contributed by atoms with Crippen LogP contribution in [0.5, 0.6) is 0 Å². The lowest BCUT2D eigenvalue weighted by molar-refractivity contribution is -0.133. The number of hydrogen-bond donors (Lipinski definition) is 0. The van der Waals surface area contributed by atoms with Gasteiger partial charge in [0.15, 0.2) is 5.78 Å².